The van der Waals surface area contributed by atoms with Gasteiger partial charge in [0.15, 0.2) is 0 Å². The molecule has 0 atom stereocenters. The number of hydrogen-bond donors (Lipinski definition) is 0. The lowest BCUT2D eigenvalue weighted by Crippen LogP contribution is -2.11. The van der Waals surface area contributed by atoms with Crippen LogP contribution in [0.4, 0.5) is 4.39 Å². The van der Waals surface area contributed by atoms with E-state index in [2.05, 4.69) is 5.16 Å². The van der Waals surface area contributed by atoms with Crippen LogP contribution in [0.15, 0.2) is 59.8 Å². The number of hydrogen-bond acceptors (Lipinski definition) is 5. The maximum absolute atomic E-state index is 13.5. The van der Waals surface area contributed by atoms with Gasteiger partial charge in [-0.1, -0.05) is 5.16 Å². The van der Waals surface area contributed by atoms with E-state index in [1.165, 1.54) is 12.1 Å². The van der Waals surface area contributed by atoms with Gasteiger partial charge in [-0.25, -0.2) is 9.18 Å². The molecule has 0 unspecified atom stereocenters. The summed E-state index contributed by atoms with van der Waals surface area (Å²) >= 11 is 0. The van der Waals surface area contributed by atoms with Gasteiger partial charge in [-0.2, -0.15) is 0 Å². The van der Waals surface area contributed by atoms with Crippen molar-refractivity contribution in [2.24, 2.45) is 5.16 Å². The number of ether oxygens (including phenoxy) is 2. The van der Waals surface area contributed by atoms with Gasteiger partial charge in [0.25, 0.3) is 0 Å². The molecule has 162 valence electrons. The summed E-state index contributed by atoms with van der Waals surface area (Å²) in [7, 11) is 1.62. The number of carbonyl (C=O) groups excluding carboxylic acids is 1. The Balaban J connectivity index is 2.02. The van der Waals surface area contributed by atoms with Crippen molar-refractivity contribution in [3.05, 3.63) is 71.7 Å². The van der Waals surface area contributed by atoms with E-state index < -0.39 is 5.97 Å². The largest absolute Gasteiger partial charge is 0.497 e. The Kier molecular flexibility index (Phi) is 7.07. The number of benzene rings is 2. The summed E-state index contributed by atoms with van der Waals surface area (Å²) in [6.45, 7) is 5.52. The molecule has 3 rings (SSSR count). The van der Waals surface area contributed by atoms with Crippen LogP contribution in [0.1, 0.15) is 25.1 Å². The van der Waals surface area contributed by atoms with Crippen molar-refractivity contribution in [2.45, 2.75) is 20.8 Å². The zero-order valence-electron chi connectivity index (χ0n) is 18.0. The van der Waals surface area contributed by atoms with Crippen molar-refractivity contribution in [3.8, 4) is 22.7 Å². The molecule has 0 saturated carbocycles. The molecule has 0 N–H and O–H groups in total. The van der Waals surface area contributed by atoms with E-state index >= 15 is 0 Å². The third kappa shape index (κ3) is 5.12. The second-order valence-corrected chi connectivity index (χ2v) is 6.82. The standard InChI is InChI=1S/C24H25FN2O4/c1-5-30-24(28)15-31-26-16(2)22-14-23(18-6-12-21(29-4)13-7-18)27(17(22)3)20-10-8-19(25)9-11-20/h6-14H,5,15H2,1-4H3/b26-16-. The van der Waals surface area contributed by atoms with Crippen LogP contribution in [0, 0.1) is 12.7 Å². The normalized spacial score (nSPS) is 11.3. The second kappa shape index (κ2) is 9.93. The highest BCUT2D eigenvalue weighted by atomic mass is 19.1. The predicted octanol–water partition coefficient (Wildman–Crippen LogP) is 4.90. The van der Waals surface area contributed by atoms with Gasteiger partial charge in [-0.05, 0) is 80.9 Å². The minimum atomic E-state index is -0.474. The Morgan fingerprint density at radius 3 is 2.39 bits per heavy atom. The number of nitrogens with zero attached hydrogens (tertiary/aromatic N) is 2. The zero-order valence-corrected chi connectivity index (χ0v) is 18.0. The Morgan fingerprint density at radius 2 is 1.77 bits per heavy atom. The molecule has 2 aromatic carbocycles. The highest BCUT2D eigenvalue weighted by Crippen LogP contribution is 2.31. The summed E-state index contributed by atoms with van der Waals surface area (Å²) in [5, 5.41) is 4.08. The fraction of sp³-hybridized carbons (Fsp3) is 0.250. The van der Waals surface area contributed by atoms with Gasteiger partial charge >= 0.3 is 5.97 Å². The number of esters is 1. The maximum Gasteiger partial charge on any atom is 0.347 e. The SMILES string of the molecule is CCOC(=O)CO/N=C(/C)c1cc(-c2ccc(OC)cc2)n(-c2ccc(F)cc2)c1C. The van der Waals surface area contributed by atoms with Crippen LogP contribution in [0.25, 0.3) is 16.9 Å². The first-order chi connectivity index (χ1) is 14.9. The van der Waals surface area contributed by atoms with Gasteiger partial charge in [0.1, 0.15) is 11.6 Å². The molecule has 0 aliphatic heterocycles. The van der Waals surface area contributed by atoms with Crippen molar-refractivity contribution in [2.75, 3.05) is 20.3 Å². The Morgan fingerprint density at radius 1 is 1.10 bits per heavy atom. The average molecular weight is 424 g/mol. The molecular weight excluding hydrogens is 399 g/mol. The lowest BCUT2D eigenvalue weighted by molar-refractivity contribution is -0.148. The van der Waals surface area contributed by atoms with E-state index in [1.54, 1.807) is 33.1 Å². The van der Waals surface area contributed by atoms with E-state index in [0.29, 0.717) is 5.71 Å². The number of halogens is 1. The van der Waals surface area contributed by atoms with Crippen LogP contribution in [0.2, 0.25) is 0 Å². The average Bonchev–Trinajstić information content (AvgIpc) is 3.11. The van der Waals surface area contributed by atoms with Gasteiger partial charge in [0.2, 0.25) is 6.61 Å². The molecule has 31 heavy (non-hydrogen) atoms. The zero-order chi connectivity index (χ0) is 22.4. The third-order valence-corrected chi connectivity index (χ3v) is 4.80. The summed E-state index contributed by atoms with van der Waals surface area (Å²) in [6.07, 6.45) is 0. The minimum absolute atomic E-state index is 0.256. The summed E-state index contributed by atoms with van der Waals surface area (Å²) in [6, 6.07) is 16.0. The van der Waals surface area contributed by atoms with Crippen LogP contribution in [0.5, 0.6) is 5.75 Å². The maximum atomic E-state index is 13.5. The molecule has 0 fully saturated rings. The van der Waals surface area contributed by atoms with Crippen molar-refractivity contribution in [1.29, 1.82) is 0 Å². The first kappa shape index (κ1) is 22.1. The lowest BCUT2D eigenvalue weighted by atomic mass is 10.1. The topological polar surface area (TPSA) is 62.1 Å². The summed E-state index contributed by atoms with van der Waals surface area (Å²) in [5.74, 6) is -0.0193. The minimum Gasteiger partial charge on any atom is -0.497 e. The van der Waals surface area contributed by atoms with E-state index in [-0.39, 0.29) is 19.0 Å². The fourth-order valence-corrected chi connectivity index (χ4v) is 3.30. The van der Waals surface area contributed by atoms with Crippen molar-refractivity contribution >= 4 is 11.7 Å². The first-order valence-electron chi connectivity index (χ1n) is 9.89. The molecule has 0 amide bonds. The monoisotopic (exact) mass is 424 g/mol. The van der Waals surface area contributed by atoms with E-state index in [0.717, 1.165) is 34.0 Å². The second-order valence-electron chi connectivity index (χ2n) is 6.82. The first-order valence-corrected chi connectivity index (χ1v) is 9.89. The highest BCUT2D eigenvalue weighted by Gasteiger charge is 2.17. The van der Waals surface area contributed by atoms with Crippen LogP contribution < -0.4 is 4.74 Å². The molecule has 0 spiro atoms. The summed E-state index contributed by atoms with van der Waals surface area (Å²) in [5.41, 5.74) is 5.03. The van der Waals surface area contributed by atoms with Gasteiger partial charge in [-0.15, -0.1) is 0 Å². The van der Waals surface area contributed by atoms with Gasteiger partial charge in [0, 0.05) is 16.9 Å². The molecule has 3 aromatic rings. The molecule has 1 heterocycles. The third-order valence-electron chi connectivity index (χ3n) is 4.80. The van der Waals surface area contributed by atoms with Gasteiger partial charge in [0.05, 0.1) is 25.1 Å². The number of methoxy groups -OCH3 is 1. The molecule has 0 saturated heterocycles. The predicted molar refractivity (Wildman–Crippen MR) is 117 cm³/mol. The van der Waals surface area contributed by atoms with E-state index in [4.69, 9.17) is 14.3 Å². The van der Waals surface area contributed by atoms with E-state index in [9.17, 15) is 9.18 Å². The fourth-order valence-electron chi connectivity index (χ4n) is 3.30. The van der Waals surface area contributed by atoms with Crippen molar-refractivity contribution in [1.82, 2.24) is 4.57 Å². The Labute approximate surface area is 180 Å². The van der Waals surface area contributed by atoms with Crippen LogP contribution >= 0.6 is 0 Å². The molecule has 0 aliphatic rings. The molecule has 0 aliphatic carbocycles. The lowest BCUT2D eigenvalue weighted by Gasteiger charge is -2.13. The quantitative estimate of drug-likeness (QED) is 0.293. The molecule has 1 aromatic heterocycles. The van der Waals surface area contributed by atoms with Crippen LogP contribution in [-0.4, -0.2) is 36.6 Å². The summed E-state index contributed by atoms with van der Waals surface area (Å²) in [4.78, 5) is 16.6. The number of carbonyl (C=O) groups is 1. The number of aromatic nitrogens is 1. The highest BCUT2D eigenvalue weighted by molar-refractivity contribution is 6.01. The van der Waals surface area contributed by atoms with Gasteiger partial charge < -0.3 is 18.9 Å². The molecule has 7 heteroatoms. The Hall–Kier alpha value is -3.61. The van der Waals surface area contributed by atoms with Crippen LogP contribution in [0.3, 0.4) is 0 Å². The van der Waals surface area contributed by atoms with Gasteiger partial charge in [-0.3, -0.25) is 0 Å². The molecular formula is C24H25FN2O4. The van der Waals surface area contributed by atoms with E-state index in [1.807, 2.05) is 41.8 Å². The van der Waals surface area contributed by atoms with Crippen LogP contribution in [-0.2, 0) is 14.4 Å². The smallest absolute Gasteiger partial charge is 0.347 e. The molecule has 6 nitrogen and oxygen atoms in total. The van der Waals surface area contributed by atoms with Crippen molar-refractivity contribution < 1.29 is 23.5 Å². The summed E-state index contributed by atoms with van der Waals surface area (Å²) < 4.78 is 25.6. The molecule has 0 radical (unpaired) electrons. The number of oxime groups is 1. The van der Waals surface area contributed by atoms with Crippen molar-refractivity contribution in [3.63, 3.8) is 0 Å². The number of rotatable bonds is 8. The Bertz CT molecular complexity index is 1070. The molecule has 0 bridgehead atoms.